The molecule has 1 aliphatic heterocycles. The second-order valence-corrected chi connectivity index (χ2v) is 4.59. The van der Waals surface area contributed by atoms with Crippen LogP contribution in [0.25, 0.3) is 0 Å². The number of piperidine rings is 1. The molecular formula is C9H17N5S. The first kappa shape index (κ1) is 10.5. The summed E-state index contributed by atoms with van der Waals surface area (Å²) in [7, 11) is 0. The molecule has 0 spiro atoms. The monoisotopic (exact) mass is 227 g/mol. The van der Waals surface area contributed by atoms with Gasteiger partial charge in [0.25, 0.3) is 0 Å². The zero-order valence-corrected chi connectivity index (χ0v) is 9.92. The highest BCUT2D eigenvalue weighted by Gasteiger charge is 2.26. The molecule has 1 aromatic heterocycles. The summed E-state index contributed by atoms with van der Waals surface area (Å²) >= 11 is 5.18. The predicted octanol–water partition coefficient (Wildman–Crippen LogP) is 1.42. The normalized spacial score (nSPS) is 26.9. The number of H-pyrrole nitrogens is 1. The van der Waals surface area contributed by atoms with Gasteiger partial charge in [0.2, 0.25) is 10.7 Å². The van der Waals surface area contributed by atoms with Crippen molar-refractivity contribution in [1.82, 2.24) is 14.9 Å². The molecule has 2 heterocycles. The minimum atomic E-state index is 0.445. The van der Waals surface area contributed by atoms with E-state index < -0.39 is 0 Å². The average Bonchev–Trinajstić information content (AvgIpc) is 2.49. The lowest BCUT2D eigenvalue weighted by Crippen LogP contribution is -2.51. The molecule has 5 nitrogen and oxygen atoms in total. The van der Waals surface area contributed by atoms with Crippen molar-refractivity contribution in [3.8, 4) is 0 Å². The van der Waals surface area contributed by atoms with Gasteiger partial charge in [0, 0.05) is 12.1 Å². The van der Waals surface area contributed by atoms with E-state index in [0.29, 0.717) is 22.8 Å². The van der Waals surface area contributed by atoms with Gasteiger partial charge in [-0.05, 0) is 45.3 Å². The lowest BCUT2D eigenvalue weighted by atomic mass is 10.00. The lowest BCUT2D eigenvalue weighted by Gasteiger charge is -2.40. The Morgan fingerprint density at radius 3 is 2.47 bits per heavy atom. The van der Waals surface area contributed by atoms with Gasteiger partial charge in [0.1, 0.15) is 0 Å². The van der Waals surface area contributed by atoms with Crippen molar-refractivity contribution in [3.05, 3.63) is 4.77 Å². The van der Waals surface area contributed by atoms with Crippen LogP contribution in [-0.4, -0.2) is 27.0 Å². The number of hydrogen-bond acceptors (Lipinski definition) is 4. The number of rotatable bonds is 1. The van der Waals surface area contributed by atoms with Crippen molar-refractivity contribution < 1.29 is 0 Å². The first-order chi connectivity index (χ1) is 7.11. The number of hydrogen-bond donors (Lipinski definition) is 2. The summed E-state index contributed by atoms with van der Waals surface area (Å²) in [6.07, 6.45) is 3.62. The quantitative estimate of drug-likeness (QED) is 0.712. The van der Waals surface area contributed by atoms with Gasteiger partial charge in [-0.2, -0.15) is 4.68 Å². The van der Waals surface area contributed by atoms with Crippen LogP contribution in [0, 0.1) is 4.77 Å². The maximum absolute atomic E-state index is 5.81. The molecule has 0 aliphatic carbocycles. The maximum Gasteiger partial charge on any atom is 0.239 e. The van der Waals surface area contributed by atoms with E-state index in [0.717, 1.165) is 0 Å². The highest BCUT2D eigenvalue weighted by molar-refractivity contribution is 7.71. The summed E-state index contributed by atoms with van der Waals surface area (Å²) in [6, 6.07) is 0.917. The number of nitrogen functional groups attached to an aromatic ring is 1. The molecular weight excluding hydrogens is 210 g/mol. The fourth-order valence-corrected chi connectivity index (χ4v) is 2.56. The zero-order chi connectivity index (χ0) is 11.0. The molecule has 1 aliphatic rings. The smallest absolute Gasteiger partial charge is 0.239 e. The van der Waals surface area contributed by atoms with Crippen molar-refractivity contribution in [1.29, 1.82) is 0 Å². The van der Waals surface area contributed by atoms with Gasteiger partial charge in [0.15, 0.2) is 0 Å². The van der Waals surface area contributed by atoms with Crippen LogP contribution in [0.15, 0.2) is 0 Å². The SMILES string of the molecule is CC1CCCC(C)N1n1c(N)n[nH]c1=S. The van der Waals surface area contributed by atoms with Gasteiger partial charge >= 0.3 is 0 Å². The Kier molecular flexibility index (Phi) is 2.68. The molecule has 0 bridgehead atoms. The fourth-order valence-electron chi connectivity index (χ4n) is 2.33. The molecule has 1 aromatic rings. The molecule has 0 amide bonds. The molecule has 3 N–H and O–H groups in total. The number of nitrogens with zero attached hydrogens (tertiary/aromatic N) is 3. The summed E-state index contributed by atoms with van der Waals surface area (Å²) in [4.78, 5) is 0. The number of anilines is 1. The van der Waals surface area contributed by atoms with Gasteiger partial charge in [-0.3, -0.25) is 0 Å². The Morgan fingerprint density at radius 2 is 2.00 bits per heavy atom. The van der Waals surface area contributed by atoms with Gasteiger partial charge < -0.3 is 10.7 Å². The van der Waals surface area contributed by atoms with E-state index in [9.17, 15) is 0 Å². The second-order valence-electron chi connectivity index (χ2n) is 4.21. The molecule has 1 fully saturated rings. The fraction of sp³-hybridized carbons (Fsp3) is 0.778. The Bertz CT molecular complexity index is 385. The lowest BCUT2D eigenvalue weighted by molar-refractivity contribution is 0.336. The van der Waals surface area contributed by atoms with Crippen molar-refractivity contribution in [2.45, 2.75) is 45.2 Å². The van der Waals surface area contributed by atoms with Gasteiger partial charge in [0.05, 0.1) is 0 Å². The van der Waals surface area contributed by atoms with Gasteiger partial charge in [-0.25, -0.2) is 5.10 Å². The molecule has 0 radical (unpaired) electrons. The summed E-state index contributed by atoms with van der Waals surface area (Å²) in [5.41, 5.74) is 5.81. The van der Waals surface area contributed by atoms with E-state index in [1.807, 2.05) is 4.68 Å². The minimum Gasteiger partial charge on any atom is -0.366 e. The molecule has 0 saturated carbocycles. The third-order valence-electron chi connectivity index (χ3n) is 3.05. The van der Waals surface area contributed by atoms with Crippen molar-refractivity contribution in [2.24, 2.45) is 0 Å². The molecule has 2 rings (SSSR count). The molecule has 15 heavy (non-hydrogen) atoms. The minimum absolute atomic E-state index is 0.445. The van der Waals surface area contributed by atoms with Crippen LogP contribution in [0.4, 0.5) is 5.95 Å². The topological polar surface area (TPSA) is 62.9 Å². The Labute approximate surface area is 94.2 Å². The van der Waals surface area contributed by atoms with E-state index in [-0.39, 0.29) is 0 Å². The molecule has 2 unspecified atom stereocenters. The average molecular weight is 227 g/mol. The number of nitrogens with one attached hydrogen (secondary N) is 1. The Morgan fingerprint density at radius 1 is 1.40 bits per heavy atom. The highest BCUT2D eigenvalue weighted by Crippen LogP contribution is 2.22. The third-order valence-corrected chi connectivity index (χ3v) is 3.32. The standard InChI is InChI=1S/C9H17N5S/c1-6-4-3-5-7(2)13(6)14-8(10)11-12-9(14)15/h6-7H,3-5H2,1-2H3,(H2,10,11)(H,12,15). The summed E-state index contributed by atoms with van der Waals surface area (Å²) in [5.74, 6) is 0.445. The second kappa shape index (κ2) is 3.84. The number of aromatic amines is 1. The van der Waals surface area contributed by atoms with Crippen LogP contribution in [0.3, 0.4) is 0 Å². The zero-order valence-electron chi connectivity index (χ0n) is 9.10. The van der Waals surface area contributed by atoms with E-state index >= 15 is 0 Å². The molecule has 2 atom stereocenters. The molecule has 0 aromatic carbocycles. The van der Waals surface area contributed by atoms with Gasteiger partial charge in [-0.1, -0.05) is 0 Å². The largest absolute Gasteiger partial charge is 0.366 e. The van der Waals surface area contributed by atoms with E-state index in [1.165, 1.54) is 19.3 Å². The van der Waals surface area contributed by atoms with Crippen molar-refractivity contribution >= 4 is 18.2 Å². The molecule has 84 valence electrons. The van der Waals surface area contributed by atoms with Crippen LogP contribution in [0.5, 0.6) is 0 Å². The van der Waals surface area contributed by atoms with Crippen LogP contribution < -0.4 is 10.7 Å². The van der Waals surface area contributed by atoms with E-state index in [4.69, 9.17) is 18.0 Å². The molecule has 1 saturated heterocycles. The van der Waals surface area contributed by atoms with Crippen LogP contribution >= 0.6 is 12.2 Å². The first-order valence-electron chi connectivity index (χ1n) is 5.32. The third kappa shape index (κ3) is 1.73. The Balaban J connectivity index is 2.39. The first-order valence-corrected chi connectivity index (χ1v) is 5.73. The maximum atomic E-state index is 5.81. The van der Waals surface area contributed by atoms with E-state index in [2.05, 4.69) is 29.1 Å². The van der Waals surface area contributed by atoms with Crippen LogP contribution in [0.1, 0.15) is 33.1 Å². The highest BCUT2D eigenvalue weighted by atomic mass is 32.1. The number of aromatic nitrogens is 3. The van der Waals surface area contributed by atoms with Crippen molar-refractivity contribution in [2.75, 3.05) is 10.7 Å². The van der Waals surface area contributed by atoms with Gasteiger partial charge in [-0.15, -0.1) is 5.10 Å². The van der Waals surface area contributed by atoms with Crippen molar-refractivity contribution in [3.63, 3.8) is 0 Å². The Hall–Kier alpha value is -1.04. The van der Waals surface area contributed by atoms with E-state index in [1.54, 1.807) is 0 Å². The molecule has 6 heteroatoms. The summed E-state index contributed by atoms with van der Waals surface area (Å²) in [5, 5.41) is 8.89. The summed E-state index contributed by atoms with van der Waals surface area (Å²) < 4.78 is 2.40. The van der Waals surface area contributed by atoms with Crippen LogP contribution in [0.2, 0.25) is 0 Å². The van der Waals surface area contributed by atoms with Crippen LogP contribution in [-0.2, 0) is 0 Å². The summed E-state index contributed by atoms with van der Waals surface area (Å²) in [6.45, 7) is 4.40. The predicted molar refractivity (Wildman–Crippen MR) is 62.8 cm³/mol. The number of nitrogens with two attached hydrogens (primary N) is 1.